The molecule has 1 heterocycles. The third-order valence-electron chi connectivity index (χ3n) is 3.25. The van der Waals surface area contributed by atoms with Crippen molar-refractivity contribution in [3.8, 4) is 0 Å². The van der Waals surface area contributed by atoms with Crippen LogP contribution in [0.4, 0.5) is 11.4 Å². The van der Waals surface area contributed by atoms with E-state index in [4.69, 9.17) is 17.3 Å². The molecule has 7 heteroatoms. The summed E-state index contributed by atoms with van der Waals surface area (Å²) in [5.41, 5.74) is 7.32. The van der Waals surface area contributed by atoms with Gasteiger partial charge in [-0.3, -0.25) is 4.31 Å². The third-order valence-corrected chi connectivity index (χ3v) is 5.34. The van der Waals surface area contributed by atoms with E-state index in [1.165, 1.54) is 12.4 Å². The molecule has 2 aromatic rings. The summed E-state index contributed by atoms with van der Waals surface area (Å²) in [5.74, 6) is 0. The van der Waals surface area contributed by atoms with E-state index >= 15 is 0 Å². The van der Waals surface area contributed by atoms with Gasteiger partial charge >= 0.3 is 0 Å². The normalized spacial score (nSPS) is 15.8. The maximum atomic E-state index is 12.6. The van der Waals surface area contributed by atoms with Crippen LogP contribution in [0, 0.1) is 0 Å². The van der Waals surface area contributed by atoms with Gasteiger partial charge in [-0.05, 0) is 24.3 Å². The Balaban J connectivity index is 2.03. The van der Waals surface area contributed by atoms with Crippen molar-refractivity contribution in [1.82, 2.24) is 4.31 Å². The monoisotopic (exact) mass is 321 g/mol. The third kappa shape index (κ3) is 2.36. The number of nitrogen functional groups attached to an aromatic ring is 1. The summed E-state index contributed by atoms with van der Waals surface area (Å²) in [7, 11) is -3.64. The van der Waals surface area contributed by atoms with Gasteiger partial charge in [0.25, 0.3) is 10.0 Å². The number of hydrogen-bond donors (Lipinski definition) is 1. The van der Waals surface area contributed by atoms with Crippen molar-refractivity contribution in [2.45, 2.75) is 11.4 Å². The highest BCUT2D eigenvalue weighted by Gasteiger charge is 2.29. The minimum atomic E-state index is -3.64. The summed E-state index contributed by atoms with van der Waals surface area (Å²) in [6.07, 6.45) is 1.29. The lowest BCUT2D eigenvalue weighted by molar-refractivity contribution is 0.522. The van der Waals surface area contributed by atoms with E-state index in [-0.39, 0.29) is 11.4 Å². The zero-order valence-electron chi connectivity index (χ0n) is 10.9. The van der Waals surface area contributed by atoms with Crippen molar-refractivity contribution in [2.75, 3.05) is 5.73 Å². The SMILES string of the molecule is Nc1cccc(Cl)c1CN1C=Nc2ccccc2S1(=O)=O. The summed E-state index contributed by atoms with van der Waals surface area (Å²) >= 11 is 6.10. The van der Waals surface area contributed by atoms with Crippen LogP contribution in [0.3, 0.4) is 0 Å². The Morgan fingerprint density at radius 1 is 1.14 bits per heavy atom. The van der Waals surface area contributed by atoms with E-state index in [0.29, 0.717) is 22.0 Å². The number of para-hydroxylation sites is 1. The van der Waals surface area contributed by atoms with Gasteiger partial charge in [0, 0.05) is 16.3 Å². The van der Waals surface area contributed by atoms with Crippen molar-refractivity contribution >= 4 is 39.3 Å². The van der Waals surface area contributed by atoms with E-state index in [1.54, 1.807) is 36.4 Å². The molecule has 1 aliphatic heterocycles. The number of nitrogens with zero attached hydrogens (tertiary/aromatic N) is 2. The van der Waals surface area contributed by atoms with Gasteiger partial charge in [0.1, 0.15) is 11.2 Å². The summed E-state index contributed by atoms with van der Waals surface area (Å²) < 4.78 is 26.3. The molecular formula is C14H12ClN3O2S. The van der Waals surface area contributed by atoms with Crippen molar-refractivity contribution in [1.29, 1.82) is 0 Å². The van der Waals surface area contributed by atoms with Gasteiger partial charge < -0.3 is 5.73 Å². The Morgan fingerprint density at radius 2 is 1.90 bits per heavy atom. The second kappa shape index (κ2) is 5.05. The van der Waals surface area contributed by atoms with Gasteiger partial charge in [-0.25, -0.2) is 13.4 Å². The standard InChI is InChI=1S/C14H12ClN3O2S/c15-11-4-3-5-12(16)10(11)8-18-9-17-13-6-1-2-7-14(13)21(18,19)20/h1-7,9H,8,16H2. The first-order valence-corrected chi connectivity index (χ1v) is 8.00. The fraction of sp³-hybridized carbons (Fsp3) is 0.0714. The molecule has 2 N–H and O–H groups in total. The number of rotatable bonds is 2. The Hall–Kier alpha value is -2.05. The quantitative estimate of drug-likeness (QED) is 0.864. The lowest BCUT2D eigenvalue weighted by Crippen LogP contribution is -2.31. The molecule has 0 atom stereocenters. The number of aliphatic imine (C=N–C) groups is 1. The molecule has 0 unspecified atom stereocenters. The highest BCUT2D eigenvalue weighted by Crippen LogP contribution is 2.32. The van der Waals surface area contributed by atoms with Crippen LogP contribution in [-0.2, 0) is 16.6 Å². The van der Waals surface area contributed by atoms with Crippen LogP contribution in [0.2, 0.25) is 5.02 Å². The molecule has 108 valence electrons. The maximum Gasteiger partial charge on any atom is 0.267 e. The molecule has 5 nitrogen and oxygen atoms in total. The molecule has 0 aliphatic carbocycles. The van der Waals surface area contributed by atoms with Gasteiger partial charge in [-0.15, -0.1) is 0 Å². The molecule has 0 saturated heterocycles. The molecule has 1 aliphatic rings. The largest absolute Gasteiger partial charge is 0.398 e. The fourth-order valence-corrected chi connectivity index (χ4v) is 3.72. The molecule has 0 radical (unpaired) electrons. The molecule has 2 aromatic carbocycles. The van der Waals surface area contributed by atoms with Crippen LogP contribution >= 0.6 is 11.6 Å². The smallest absolute Gasteiger partial charge is 0.267 e. The number of fused-ring (bicyclic) bond motifs is 1. The topological polar surface area (TPSA) is 75.8 Å². The van der Waals surface area contributed by atoms with Crippen LogP contribution in [0.25, 0.3) is 0 Å². The summed E-state index contributed by atoms with van der Waals surface area (Å²) in [5, 5.41) is 0.428. The van der Waals surface area contributed by atoms with E-state index in [9.17, 15) is 8.42 Å². The number of sulfonamides is 1. The summed E-state index contributed by atoms with van der Waals surface area (Å²) in [4.78, 5) is 4.34. The zero-order chi connectivity index (χ0) is 15.0. The van der Waals surface area contributed by atoms with Gasteiger partial charge in [0.15, 0.2) is 0 Å². The fourth-order valence-electron chi connectivity index (χ4n) is 2.12. The number of nitrogens with two attached hydrogens (primary N) is 1. The molecule has 0 fully saturated rings. The molecule has 0 bridgehead atoms. The van der Waals surface area contributed by atoms with E-state index < -0.39 is 10.0 Å². The van der Waals surface area contributed by atoms with Gasteiger partial charge in [0.2, 0.25) is 0 Å². The second-order valence-electron chi connectivity index (χ2n) is 4.57. The number of halogens is 1. The van der Waals surface area contributed by atoms with Crippen LogP contribution < -0.4 is 5.73 Å². The average molecular weight is 322 g/mol. The van der Waals surface area contributed by atoms with Crippen LogP contribution in [-0.4, -0.2) is 19.1 Å². The highest BCUT2D eigenvalue weighted by atomic mass is 35.5. The zero-order valence-corrected chi connectivity index (χ0v) is 12.5. The first-order chi connectivity index (χ1) is 10.00. The number of anilines is 1. The van der Waals surface area contributed by atoms with Crippen LogP contribution in [0.5, 0.6) is 0 Å². The molecule has 0 spiro atoms. The van der Waals surface area contributed by atoms with E-state index in [2.05, 4.69) is 4.99 Å². The van der Waals surface area contributed by atoms with Crippen molar-refractivity contribution in [3.63, 3.8) is 0 Å². The first kappa shape index (κ1) is 13.9. The predicted octanol–water partition coefficient (Wildman–Crippen LogP) is 2.79. The number of hydrogen-bond acceptors (Lipinski definition) is 4. The molecule has 3 rings (SSSR count). The van der Waals surface area contributed by atoms with E-state index in [0.717, 1.165) is 4.31 Å². The predicted molar refractivity (Wildman–Crippen MR) is 83.2 cm³/mol. The summed E-state index contributed by atoms with van der Waals surface area (Å²) in [6, 6.07) is 11.7. The Morgan fingerprint density at radius 3 is 2.67 bits per heavy atom. The number of benzene rings is 2. The van der Waals surface area contributed by atoms with Crippen LogP contribution in [0.15, 0.2) is 52.4 Å². The molecule has 0 aromatic heterocycles. The van der Waals surface area contributed by atoms with Gasteiger partial charge in [-0.2, -0.15) is 0 Å². The Labute approximate surface area is 127 Å². The lowest BCUT2D eigenvalue weighted by atomic mass is 10.2. The molecule has 0 saturated carbocycles. The molecular weight excluding hydrogens is 310 g/mol. The maximum absolute atomic E-state index is 12.6. The highest BCUT2D eigenvalue weighted by molar-refractivity contribution is 7.89. The molecule has 0 amide bonds. The minimum absolute atomic E-state index is 0.0473. The van der Waals surface area contributed by atoms with Crippen LogP contribution in [0.1, 0.15) is 5.56 Å². The summed E-state index contributed by atoms with van der Waals surface area (Å²) in [6.45, 7) is 0.0473. The van der Waals surface area contributed by atoms with Gasteiger partial charge in [-0.1, -0.05) is 29.8 Å². The van der Waals surface area contributed by atoms with E-state index in [1.807, 2.05) is 0 Å². The van der Waals surface area contributed by atoms with Crippen molar-refractivity contribution < 1.29 is 8.42 Å². The van der Waals surface area contributed by atoms with Crippen molar-refractivity contribution in [2.24, 2.45) is 4.99 Å². The van der Waals surface area contributed by atoms with Crippen molar-refractivity contribution in [3.05, 3.63) is 53.1 Å². The Bertz CT molecular complexity index is 814. The van der Waals surface area contributed by atoms with Gasteiger partial charge in [0.05, 0.1) is 12.2 Å². The molecule has 21 heavy (non-hydrogen) atoms. The Kier molecular flexibility index (Phi) is 3.35. The first-order valence-electron chi connectivity index (χ1n) is 6.18. The average Bonchev–Trinajstić information content (AvgIpc) is 2.45. The second-order valence-corrected chi connectivity index (χ2v) is 6.84. The lowest BCUT2D eigenvalue weighted by Gasteiger charge is -2.24. The minimum Gasteiger partial charge on any atom is -0.398 e.